The number of halogens is 2. The van der Waals surface area contributed by atoms with Crippen LogP contribution in [0.5, 0.6) is 17.4 Å². The number of pyridine rings is 1. The van der Waals surface area contributed by atoms with E-state index < -0.39 is 5.92 Å². The smallest absolute Gasteiger partial charge is 0.286 e. The highest BCUT2D eigenvalue weighted by atomic mass is 19.3. The van der Waals surface area contributed by atoms with Crippen LogP contribution < -0.4 is 9.47 Å². The molecule has 4 rings (SSSR count). The first kappa shape index (κ1) is 16.4. The van der Waals surface area contributed by atoms with Gasteiger partial charge in [0, 0.05) is 25.1 Å². The monoisotopic (exact) mass is 355 g/mol. The van der Waals surface area contributed by atoms with E-state index in [-0.39, 0.29) is 5.69 Å². The maximum Gasteiger partial charge on any atom is 0.286 e. The van der Waals surface area contributed by atoms with Crippen LogP contribution >= 0.6 is 0 Å². The first-order valence-corrected chi connectivity index (χ1v) is 8.09. The molecule has 0 spiro atoms. The maximum atomic E-state index is 13.3. The lowest BCUT2D eigenvalue weighted by molar-refractivity contribution is 0.0127. The molecule has 0 N–H and O–H groups in total. The Bertz CT molecular complexity index is 940. The number of hydrogen-bond acceptors (Lipinski definition) is 5. The summed E-state index contributed by atoms with van der Waals surface area (Å²) >= 11 is 0. The molecule has 1 aliphatic heterocycles. The summed E-state index contributed by atoms with van der Waals surface area (Å²) in [6, 6.07) is 8.55. The predicted molar refractivity (Wildman–Crippen MR) is 90.5 cm³/mol. The SMILES string of the molecule is CC(F)(F)c1ccc(Oc2ncncc2-c2cccc3c2OCC3)cn1. The zero-order chi connectivity index (χ0) is 18.1. The predicted octanol–water partition coefficient (Wildman–Crippen LogP) is 4.38. The number of fused-ring (bicyclic) bond motifs is 1. The lowest BCUT2D eigenvalue weighted by Gasteiger charge is -2.13. The van der Waals surface area contributed by atoms with Gasteiger partial charge >= 0.3 is 0 Å². The summed E-state index contributed by atoms with van der Waals surface area (Å²) < 4.78 is 38.1. The Morgan fingerprint density at radius 2 is 1.96 bits per heavy atom. The van der Waals surface area contributed by atoms with Crippen molar-refractivity contribution >= 4 is 0 Å². The molecule has 1 aromatic carbocycles. The highest BCUT2D eigenvalue weighted by Crippen LogP contribution is 2.40. The highest BCUT2D eigenvalue weighted by molar-refractivity contribution is 5.76. The minimum atomic E-state index is -3.00. The van der Waals surface area contributed by atoms with Crippen LogP contribution in [0, 0.1) is 0 Å². The summed E-state index contributed by atoms with van der Waals surface area (Å²) in [5.41, 5.74) is 2.30. The molecule has 0 bridgehead atoms. The molecule has 0 saturated heterocycles. The standard InChI is InChI=1S/C19H15F2N3O2/c1-19(20,21)16-6-5-13(9-23-16)26-18-15(10-22-11-24-18)14-4-2-3-12-7-8-25-17(12)14/h2-6,9-11H,7-8H2,1H3. The van der Waals surface area contributed by atoms with E-state index in [9.17, 15) is 8.78 Å². The van der Waals surface area contributed by atoms with E-state index >= 15 is 0 Å². The topological polar surface area (TPSA) is 57.1 Å². The van der Waals surface area contributed by atoms with E-state index in [1.807, 2.05) is 18.2 Å². The Labute approximate surface area is 148 Å². The van der Waals surface area contributed by atoms with Gasteiger partial charge in [-0.2, -0.15) is 8.78 Å². The van der Waals surface area contributed by atoms with E-state index in [1.165, 1.54) is 24.7 Å². The van der Waals surface area contributed by atoms with Crippen molar-refractivity contribution in [1.82, 2.24) is 15.0 Å². The fourth-order valence-corrected chi connectivity index (χ4v) is 2.82. The first-order chi connectivity index (χ1) is 12.5. The zero-order valence-electron chi connectivity index (χ0n) is 13.9. The van der Waals surface area contributed by atoms with Crippen molar-refractivity contribution in [2.75, 3.05) is 6.61 Å². The molecule has 0 unspecified atom stereocenters. The Morgan fingerprint density at radius 1 is 1.08 bits per heavy atom. The molecule has 1 aliphatic rings. The van der Waals surface area contributed by atoms with Crippen molar-refractivity contribution in [1.29, 1.82) is 0 Å². The van der Waals surface area contributed by atoms with Crippen molar-refractivity contribution in [3.63, 3.8) is 0 Å². The lowest BCUT2D eigenvalue weighted by Crippen LogP contribution is -2.09. The second kappa shape index (κ2) is 6.33. The quantitative estimate of drug-likeness (QED) is 0.695. The van der Waals surface area contributed by atoms with Gasteiger partial charge in [-0.15, -0.1) is 0 Å². The summed E-state index contributed by atoms with van der Waals surface area (Å²) in [6.45, 7) is 1.43. The van der Waals surface area contributed by atoms with Crippen LogP contribution in [-0.4, -0.2) is 21.6 Å². The number of nitrogens with zero attached hydrogens (tertiary/aromatic N) is 3. The molecule has 132 valence electrons. The van der Waals surface area contributed by atoms with Crippen LogP contribution in [0.4, 0.5) is 8.78 Å². The average molecular weight is 355 g/mol. The van der Waals surface area contributed by atoms with Crippen LogP contribution in [0.15, 0.2) is 49.1 Å². The highest BCUT2D eigenvalue weighted by Gasteiger charge is 2.26. The number of para-hydroxylation sites is 1. The van der Waals surface area contributed by atoms with Crippen LogP contribution in [-0.2, 0) is 12.3 Å². The Kier molecular flexibility index (Phi) is 3.99. The van der Waals surface area contributed by atoms with Crippen molar-refractivity contribution < 1.29 is 18.3 Å². The minimum absolute atomic E-state index is 0.307. The fraction of sp³-hybridized carbons (Fsp3) is 0.211. The zero-order valence-corrected chi connectivity index (χ0v) is 13.9. The Morgan fingerprint density at radius 3 is 2.73 bits per heavy atom. The van der Waals surface area contributed by atoms with Crippen LogP contribution in [0.1, 0.15) is 18.2 Å². The third kappa shape index (κ3) is 3.08. The van der Waals surface area contributed by atoms with Gasteiger partial charge in [-0.25, -0.2) is 9.97 Å². The van der Waals surface area contributed by atoms with E-state index in [2.05, 4.69) is 15.0 Å². The fourth-order valence-electron chi connectivity index (χ4n) is 2.82. The van der Waals surface area contributed by atoms with Gasteiger partial charge in [0.2, 0.25) is 5.88 Å². The molecular weight excluding hydrogens is 340 g/mol. The van der Waals surface area contributed by atoms with Gasteiger partial charge in [-0.1, -0.05) is 18.2 Å². The molecule has 26 heavy (non-hydrogen) atoms. The molecule has 3 heterocycles. The average Bonchev–Trinajstić information content (AvgIpc) is 3.11. The third-order valence-electron chi connectivity index (χ3n) is 4.08. The van der Waals surface area contributed by atoms with Crippen molar-refractivity contribution in [2.45, 2.75) is 19.3 Å². The van der Waals surface area contributed by atoms with Crippen LogP contribution in [0.2, 0.25) is 0 Å². The number of alkyl halides is 2. The third-order valence-corrected chi connectivity index (χ3v) is 4.08. The van der Waals surface area contributed by atoms with Gasteiger partial charge in [-0.3, -0.25) is 4.98 Å². The van der Waals surface area contributed by atoms with Crippen LogP contribution in [0.3, 0.4) is 0 Å². The summed E-state index contributed by atoms with van der Waals surface area (Å²) in [5.74, 6) is -1.58. The molecule has 3 aromatic rings. The van der Waals surface area contributed by atoms with Gasteiger partial charge in [-0.05, 0) is 17.7 Å². The maximum absolute atomic E-state index is 13.3. The molecule has 0 saturated carbocycles. The van der Waals surface area contributed by atoms with E-state index in [0.29, 0.717) is 23.8 Å². The second-order valence-corrected chi connectivity index (χ2v) is 6.00. The molecule has 0 fully saturated rings. The molecule has 2 aromatic heterocycles. The molecule has 5 nitrogen and oxygen atoms in total. The van der Waals surface area contributed by atoms with Gasteiger partial charge in [0.15, 0.2) is 0 Å². The van der Waals surface area contributed by atoms with E-state index in [1.54, 1.807) is 6.20 Å². The van der Waals surface area contributed by atoms with Gasteiger partial charge < -0.3 is 9.47 Å². The second-order valence-electron chi connectivity index (χ2n) is 6.00. The van der Waals surface area contributed by atoms with Crippen molar-refractivity contribution in [3.05, 3.63) is 60.3 Å². The summed E-state index contributed by atoms with van der Waals surface area (Å²) in [5, 5.41) is 0. The summed E-state index contributed by atoms with van der Waals surface area (Å²) in [7, 11) is 0. The van der Waals surface area contributed by atoms with Gasteiger partial charge in [0.1, 0.15) is 23.5 Å². The van der Waals surface area contributed by atoms with Gasteiger partial charge in [0.25, 0.3) is 5.92 Å². The molecule has 7 heteroatoms. The number of hydrogen-bond donors (Lipinski definition) is 0. The summed E-state index contributed by atoms with van der Waals surface area (Å²) in [4.78, 5) is 12.0. The Hall–Kier alpha value is -3.09. The van der Waals surface area contributed by atoms with Crippen LogP contribution in [0.25, 0.3) is 11.1 Å². The molecule has 0 atom stereocenters. The largest absolute Gasteiger partial charge is 0.492 e. The molecule has 0 radical (unpaired) electrons. The van der Waals surface area contributed by atoms with Crippen molar-refractivity contribution in [2.24, 2.45) is 0 Å². The number of aromatic nitrogens is 3. The number of ether oxygens (including phenoxy) is 2. The minimum Gasteiger partial charge on any atom is -0.492 e. The number of rotatable bonds is 4. The lowest BCUT2D eigenvalue weighted by atomic mass is 10.0. The Balaban J connectivity index is 1.68. The first-order valence-electron chi connectivity index (χ1n) is 8.09. The van der Waals surface area contributed by atoms with Gasteiger partial charge in [0.05, 0.1) is 18.4 Å². The van der Waals surface area contributed by atoms with Crippen molar-refractivity contribution in [3.8, 4) is 28.5 Å². The molecular formula is C19H15F2N3O2. The number of benzene rings is 1. The molecule has 0 aliphatic carbocycles. The summed E-state index contributed by atoms with van der Waals surface area (Å²) in [6.07, 6.45) is 5.11. The van der Waals surface area contributed by atoms with E-state index in [0.717, 1.165) is 30.2 Å². The van der Waals surface area contributed by atoms with E-state index in [4.69, 9.17) is 9.47 Å². The normalized spacial score (nSPS) is 13.2. The molecule has 0 amide bonds.